The molecule has 2 aromatic carbocycles. The van der Waals surface area contributed by atoms with Crippen LogP contribution in [0.5, 0.6) is 5.75 Å². The maximum absolute atomic E-state index is 13.5. The molecule has 0 saturated carbocycles. The minimum absolute atomic E-state index is 0.0136. The number of phenolic OH excluding ortho intramolecular Hbond substituents is 1. The molecule has 6 heteroatoms. The van der Waals surface area contributed by atoms with E-state index in [1.54, 1.807) is 18.2 Å². The number of nitrogens with one attached hydrogen (secondary N) is 1. The van der Waals surface area contributed by atoms with Crippen LogP contribution in [0.2, 0.25) is 5.02 Å². The van der Waals surface area contributed by atoms with Crippen LogP contribution in [-0.4, -0.2) is 23.5 Å². The van der Waals surface area contributed by atoms with E-state index >= 15 is 0 Å². The van der Waals surface area contributed by atoms with Crippen LogP contribution >= 0.6 is 11.6 Å². The maximum Gasteiger partial charge on any atom is 0.336 e. The first-order valence-electron chi connectivity index (χ1n) is 10.8. The van der Waals surface area contributed by atoms with Crippen LogP contribution in [-0.2, 0) is 14.3 Å². The number of hydrogen-bond acceptors (Lipinski definition) is 5. The molecule has 32 heavy (non-hydrogen) atoms. The van der Waals surface area contributed by atoms with Crippen molar-refractivity contribution in [3.05, 3.63) is 87.2 Å². The lowest BCUT2D eigenvalue weighted by atomic mass is 9.71. The van der Waals surface area contributed by atoms with Crippen LogP contribution < -0.4 is 5.32 Å². The fourth-order valence-electron chi connectivity index (χ4n) is 4.59. The predicted octanol–water partition coefficient (Wildman–Crippen LogP) is 5.36. The third-order valence-electron chi connectivity index (χ3n) is 6.03. The number of esters is 1. The number of benzene rings is 2. The van der Waals surface area contributed by atoms with Gasteiger partial charge in [-0.25, -0.2) is 4.79 Å². The first-order valence-corrected chi connectivity index (χ1v) is 11.2. The van der Waals surface area contributed by atoms with Gasteiger partial charge in [0, 0.05) is 34.3 Å². The molecule has 0 saturated heterocycles. The molecule has 0 bridgehead atoms. The Morgan fingerprint density at radius 1 is 1.16 bits per heavy atom. The van der Waals surface area contributed by atoms with Gasteiger partial charge in [-0.05, 0) is 61.1 Å². The van der Waals surface area contributed by atoms with E-state index in [0.29, 0.717) is 53.3 Å². The average molecular weight is 452 g/mol. The summed E-state index contributed by atoms with van der Waals surface area (Å²) >= 11 is 6.03. The smallest absolute Gasteiger partial charge is 0.336 e. The molecule has 0 fully saturated rings. The summed E-state index contributed by atoms with van der Waals surface area (Å²) in [5, 5.41) is 14.1. The molecule has 1 aliphatic heterocycles. The number of carbonyl (C=O) groups is 2. The van der Waals surface area contributed by atoms with Gasteiger partial charge in [-0.2, -0.15) is 0 Å². The highest BCUT2D eigenvalue weighted by Crippen LogP contribution is 2.46. The number of dihydropyridines is 1. The Bertz CT molecular complexity index is 1120. The lowest BCUT2D eigenvalue weighted by Crippen LogP contribution is -2.36. The number of halogens is 1. The number of ether oxygens (including phenoxy) is 1. The number of Topliss-reactive ketones (excluding diaryl/α,β-unsaturated/α-hetero) is 1. The lowest BCUT2D eigenvalue weighted by Gasteiger charge is -2.36. The first-order chi connectivity index (χ1) is 15.4. The van der Waals surface area contributed by atoms with Crippen LogP contribution in [0.4, 0.5) is 0 Å². The largest absolute Gasteiger partial charge is 0.508 e. The number of rotatable bonds is 5. The van der Waals surface area contributed by atoms with E-state index in [2.05, 4.69) is 5.32 Å². The highest BCUT2D eigenvalue weighted by Gasteiger charge is 2.41. The summed E-state index contributed by atoms with van der Waals surface area (Å²) in [5.41, 5.74) is 4.23. The van der Waals surface area contributed by atoms with E-state index in [0.717, 1.165) is 11.3 Å². The van der Waals surface area contributed by atoms with Gasteiger partial charge in [0.2, 0.25) is 0 Å². The minimum atomic E-state index is -0.582. The molecule has 0 spiro atoms. The van der Waals surface area contributed by atoms with Gasteiger partial charge in [-0.3, -0.25) is 4.79 Å². The van der Waals surface area contributed by atoms with Crippen LogP contribution in [0.3, 0.4) is 0 Å². The maximum atomic E-state index is 13.5. The molecule has 5 nitrogen and oxygen atoms in total. The SMILES string of the molecule is CCCOC(=O)C1=C(C)NC2=C(C(=O)C[C@H](c3ccc(Cl)cc3)C2)[C@H]1c1cccc(O)c1. The molecule has 0 aromatic heterocycles. The molecular formula is C26H26ClNO4. The van der Waals surface area contributed by atoms with E-state index in [9.17, 15) is 14.7 Å². The third kappa shape index (κ3) is 4.30. The number of allylic oxidation sites excluding steroid dienone is 3. The van der Waals surface area contributed by atoms with Gasteiger partial charge in [0.25, 0.3) is 0 Å². The van der Waals surface area contributed by atoms with E-state index in [4.69, 9.17) is 16.3 Å². The number of ketones is 1. The zero-order valence-corrected chi connectivity index (χ0v) is 18.9. The van der Waals surface area contributed by atoms with Crippen molar-refractivity contribution >= 4 is 23.4 Å². The average Bonchev–Trinajstić information content (AvgIpc) is 2.76. The van der Waals surface area contributed by atoms with Crippen molar-refractivity contribution < 1.29 is 19.4 Å². The lowest BCUT2D eigenvalue weighted by molar-refractivity contribution is -0.139. The second kappa shape index (κ2) is 9.21. The first kappa shape index (κ1) is 22.2. The monoisotopic (exact) mass is 451 g/mol. The van der Waals surface area contributed by atoms with Gasteiger partial charge >= 0.3 is 5.97 Å². The van der Waals surface area contributed by atoms with Crippen molar-refractivity contribution in [1.82, 2.24) is 5.32 Å². The highest BCUT2D eigenvalue weighted by atomic mass is 35.5. The van der Waals surface area contributed by atoms with Crippen LogP contribution in [0.1, 0.15) is 56.1 Å². The number of phenols is 1. The Kier molecular flexibility index (Phi) is 6.38. The summed E-state index contributed by atoms with van der Waals surface area (Å²) in [5.74, 6) is -0.923. The van der Waals surface area contributed by atoms with Crippen molar-refractivity contribution in [3.8, 4) is 5.75 Å². The van der Waals surface area contributed by atoms with Gasteiger partial charge in [0.15, 0.2) is 5.78 Å². The molecule has 2 aromatic rings. The van der Waals surface area contributed by atoms with Gasteiger partial charge in [0.05, 0.1) is 12.2 Å². The molecule has 2 atom stereocenters. The summed E-state index contributed by atoms with van der Waals surface area (Å²) in [4.78, 5) is 26.5. The number of hydrogen-bond donors (Lipinski definition) is 2. The zero-order chi connectivity index (χ0) is 22.8. The highest BCUT2D eigenvalue weighted by molar-refractivity contribution is 6.30. The van der Waals surface area contributed by atoms with Gasteiger partial charge in [-0.15, -0.1) is 0 Å². The summed E-state index contributed by atoms with van der Waals surface area (Å²) in [7, 11) is 0. The van der Waals surface area contributed by atoms with Crippen molar-refractivity contribution in [2.45, 2.75) is 44.9 Å². The molecule has 0 radical (unpaired) electrons. The molecule has 1 heterocycles. The molecule has 2 N–H and O–H groups in total. The summed E-state index contributed by atoms with van der Waals surface area (Å²) in [6, 6.07) is 14.3. The van der Waals surface area contributed by atoms with Crippen molar-refractivity contribution in [2.75, 3.05) is 6.61 Å². The predicted molar refractivity (Wildman–Crippen MR) is 123 cm³/mol. The third-order valence-corrected chi connectivity index (χ3v) is 6.28. The number of aromatic hydroxyl groups is 1. The summed E-state index contributed by atoms with van der Waals surface area (Å²) in [6.45, 7) is 4.07. The Morgan fingerprint density at radius 3 is 2.59 bits per heavy atom. The molecule has 4 rings (SSSR count). The standard InChI is InChI=1S/C26H26ClNO4/c1-3-11-32-26(31)23-15(2)28-21-13-18(16-7-9-19(27)10-8-16)14-22(30)25(21)24(23)17-5-4-6-20(29)12-17/h4-10,12,18,24,28-29H,3,11,13-14H2,1-2H3/t18-,24+/m1/s1. The molecule has 0 amide bonds. The summed E-state index contributed by atoms with van der Waals surface area (Å²) in [6.07, 6.45) is 1.69. The van der Waals surface area contributed by atoms with Crippen LogP contribution in [0, 0.1) is 0 Å². The van der Waals surface area contributed by atoms with Crippen molar-refractivity contribution in [3.63, 3.8) is 0 Å². The Hall–Kier alpha value is -3.05. The normalized spacial score (nSPS) is 20.7. The number of carbonyl (C=O) groups excluding carboxylic acids is 2. The molecule has 166 valence electrons. The van der Waals surface area contributed by atoms with Crippen LogP contribution in [0.25, 0.3) is 0 Å². The second-order valence-electron chi connectivity index (χ2n) is 8.30. The Morgan fingerprint density at radius 2 is 1.91 bits per heavy atom. The molecule has 0 unspecified atom stereocenters. The van der Waals surface area contributed by atoms with Crippen LogP contribution in [0.15, 0.2) is 71.1 Å². The van der Waals surface area contributed by atoms with Gasteiger partial charge < -0.3 is 15.2 Å². The Balaban J connectivity index is 1.77. The molecular weight excluding hydrogens is 426 g/mol. The second-order valence-corrected chi connectivity index (χ2v) is 8.74. The van der Waals surface area contributed by atoms with E-state index < -0.39 is 11.9 Å². The van der Waals surface area contributed by atoms with E-state index in [1.165, 1.54) is 0 Å². The van der Waals surface area contributed by atoms with Gasteiger partial charge in [0.1, 0.15) is 5.75 Å². The van der Waals surface area contributed by atoms with E-state index in [1.807, 2.05) is 44.2 Å². The molecule has 2 aliphatic rings. The fourth-order valence-corrected chi connectivity index (χ4v) is 4.72. The minimum Gasteiger partial charge on any atom is -0.508 e. The topological polar surface area (TPSA) is 75.6 Å². The quantitative estimate of drug-likeness (QED) is 0.598. The van der Waals surface area contributed by atoms with E-state index in [-0.39, 0.29) is 17.5 Å². The molecule has 1 aliphatic carbocycles. The summed E-state index contributed by atoms with van der Waals surface area (Å²) < 4.78 is 5.45. The Labute approximate surface area is 192 Å². The fraction of sp³-hybridized carbons (Fsp3) is 0.308. The van der Waals surface area contributed by atoms with Crippen molar-refractivity contribution in [1.29, 1.82) is 0 Å². The zero-order valence-electron chi connectivity index (χ0n) is 18.2. The van der Waals surface area contributed by atoms with Gasteiger partial charge in [-0.1, -0.05) is 42.8 Å². The van der Waals surface area contributed by atoms with Crippen molar-refractivity contribution in [2.24, 2.45) is 0 Å².